The fourth-order valence-corrected chi connectivity index (χ4v) is 3.82. The van der Waals surface area contributed by atoms with Crippen molar-refractivity contribution in [3.8, 4) is 23.0 Å². The van der Waals surface area contributed by atoms with Crippen molar-refractivity contribution in [1.82, 2.24) is 0 Å². The highest BCUT2D eigenvalue weighted by Gasteiger charge is 2.31. The molecule has 0 unspecified atom stereocenters. The van der Waals surface area contributed by atoms with Gasteiger partial charge in [0.15, 0.2) is 23.0 Å². The number of hydrogen-bond donors (Lipinski definition) is 0. The summed E-state index contributed by atoms with van der Waals surface area (Å²) in [4.78, 5) is 0. The highest BCUT2D eigenvalue weighted by Crippen LogP contribution is 2.52. The average molecular weight is 363 g/mol. The average Bonchev–Trinajstić information content (AvgIpc) is 2.33. The number of methoxy groups -OCH3 is 2. The first kappa shape index (κ1) is 19.2. The number of hydrogen-bond acceptors (Lipinski definition) is 4. The van der Waals surface area contributed by atoms with Crippen molar-refractivity contribution in [2.24, 2.45) is 0 Å². The molecule has 0 aliphatic rings. The molecule has 0 spiro atoms. The lowest BCUT2D eigenvalue weighted by atomic mass is 10.1. The molecular formula is C15H27ClO4Si2. The zero-order chi connectivity index (χ0) is 17.3. The summed E-state index contributed by atoms with van der Waals surface area (Å²) < 4.78 is 23.5. The van der Waals surface area contributed by atoms with E-state index in [0.29, 0.717) is 28.0 Å². The van der Waals surface area contributed by atoms with E-state index in [2.05, 4.69) is 39.3 Å². The summed E-state index contributed by atoms with van der Waals surface area (Å²) in [6.45, 7) is 14.5. The molecule has 0 bridgehead atoms. The summed E-state index contributed by atoms with van der Waals surface area (Å²) in [5.41, 5.74) is 0.789. The van der Waals surface area contributed by atoms with Gasteiger partial charge in [-0.15, -0.1) is 0 Å². The Hall–Kier alpha value is -0.856. The van der Waals surface area contributed by atoms with Gasteiger partial charge in [-0.2, -0.15) is 0 Å². The Kier molecular flexibility index (Phi) is 5.86. The Balaban J connectivity index is 3.69. The summed E-state index contributed by atoms with van der Waals surface area (Å²) in [6.07, 6.45) is 0. The first-order valence-corrected chi connectivity index (χ1v) is 14.4. The molecule has 0 aromatic heterocycles. The molecule has 1 rings (SSSR count). The van der Waals surface area contributed by atoms with Gasteiger partial charge >= 0.3 is 0 Å². The molecule has 0 saturated carbocycles. The Morgan fingerprint density at radius 3 is 1.36 bits per heavy atom. The number of halogens is 1. The third-order valence-corrected chi connectivity index (χ3v) is 4.80. The highest BCUT2D eigenvalue weighted by molar-refractivity contribution is 6.71. The second-order valence-electron chi connectivity index (χ2n) is 7.09. The molecule has 0 radical (unpaired) electrons. The minimum atomic E-state index is -1.89. The molecule has 0 N–H and O–H groups in total. The van der Waals surface area contributed by atoms with Gasteiger partial charge in [0.1, 0.15) is 0 Å². The van der Waals surface area contributed by atoms with Crippen molar-refractivity contribution in [3.63, 3.8) is 0 Å². The van der Waals surface area contributed by atoms with Gasteiger partial charge in [0, 0.05) is 5.56 Å². The maximum absolute atomic E-state index is 6.44. The Bertz CT molecular complexity index is 499. The van der Waals surface area contributed by atoms with Gasteiger partial charge in [-0.05, 0) is 46.2 Å². The Labute approximate surface area is 140 Å². The van der Waals surface area contributed by atoms with E-state index in [9.17, 15) is 0 Å². The second kappa shape index (κ2) is 6.72. The van der Waals surface area contributed by atoms with E-state index in [1.54, 1.807) is 14.2 Å². The number of benzene rings is 1. The normalized spacial score (nSPS) is 12.1. The quantitative estimate of drug-likeness (QED) is 0.660. The van der Waals surface area contributed by atoms with Crippen molar-refractivity contribution in [1.29, 1.82) is 0 Å². The van der Waals surface area contributed by atoms with Crippen LogP contribution in [-0.4, -0.2) is 30.9 Å². The lowest BCUT2D eigenvalue weighted by Crippen LogP contribution is -2.33. The van der Waals surface area contributed by atoms with Crippen LogP contribution in [0.5, 0.6) is 23.0 Å². The van der Waals surface area contributed by atoms with E-state index >= 15 is 0 Å². The predicted octanol–water partition coefficient (Wildman–Crippen LogP) is 5.09. The van der Waals surface area contributed by atoms with Crippen LogP contribution < -0.4 is 18.3 Å². The van der Waals surface area contributed by atoms with E-state index in [0.717, 1.165) is 5.56 Å². The lowest BCUT2D eigenvalue weighted by Gasteiger charge is -2.29. The van der Waals surface area contributed by atoms with Gasteiger partial charge in [0.2, 0.25) is 16.6 Å². The highest BCUT2D eigenvalue weighted by atomic mass is 35.5. The van der Waals surface area contributed by atoms with Crippen LogP contribution in [0.15, 0.2) is 0 Å². The molecule has 1 aromatic carbocycles. The van der Waals surface area contributed by atoms with Crippen molar-refractivity contribution in [2.45, 2.75) is 46.2 Å². The predicted molar refractivity (Wildman–Crippen MR) is 97.2 cm³/mol. The molecule has 4 nitrogen and oxygen atoms in total. The van der Waals surface area contributed by atoms with Crippen molar-refractivity contribution >= 4 is 28.2 Å². The Morgan fingerprint density at radius 1 is 0.682 bits per heavy atom. The number of rotatable bonds is 6. The first-order chi connectivity index (χ1) is 9.91. The van der Waals surface area contributed by atoms with E-state index in [1.807, 2.05) is 6.92 Å². The van der Waals surface area contributed by atoms with E-state index in [4.69, 9.17) is 29.9 Å². The van der Waals surface area contributed by atoms with Crippen molar-refractivity contribution < 1.29 is 18.3 Å². The third kappa shape index (κ3) is 4.57. The second-order valence-corrected chi connectivity index (χ2v) is 16.3. The molecule has 0 atom stereocenters. The molecule has 126 valence electrons. The van der Waals surface area contributed by atoms with Gasteiger partial charge in [-0.1, -0.05) is 11.6 Å². The van der Waals surface area contributed by atoms with Crippen LogP contribution in [0.3, 0.4) is 0 Å². The van der Waals surface area contributed by atoms with Crippen LogP contribution in [0.4, 0.5) is 0 Å². The smallest absolute Gasteiger partial charge is 0.242 e. The summed E-state index contributed by atoms with van der Waals surface area (Å²) in [6, 6.07) is 0. The van der Waals surface area contributed by atoms with Gasteiger partial charge in [0.05, 0.1) is 19.2 Å². The maximum Gasteiger partial charge on any atom is 0.242 e. The molecule has 0 heterocycles. The molecule has 7 heteroatoms. The van der Waals surface area contributed by atoms with Gasteiger partial charge in [-0.25, -0.2) is 0 Å². The van der Waals surface area contributed by atoms with Crippen LogP contribution in [0, 0.1) is 6.92 Å². The minimum Gasteiger partial charge on any atom is -0.539 e. The van der Waals surface area contributed by atoms with E-state index in [-0.39, 0.29) is 0 Å². The largest absolute Gasteiger partial charge is 0.539 e. The summed E-state index contributed by atoms with van der Waals surface area (Å²) in [5.74, 6) is 2.27. The summed E-state index contributed by atoms with van der Waals surface area (Å²) >= 11 is 6.44. The van der Waals surface area contributed by atoms with Gasteiger partial charge < -0.3 is 18.3 Å². The van der Waals surface area contributed by atoms with Gasteiger partial charge in [0.25, 0.3) is 0 Å². The van der Waals surface area contributed by atoms with Crippen LogP contribution in [0.1, 0.15) is 5.56 Å². The molecule has 0 fully saturated rings. The van der Waals surface area contributed by atoms with E-state index < -0.39 is 16.6 Å². The third-order valence-electron chi connectivity index (χ3n) is 2.71. The van der Waals surface area contributed by atoms with Crippen LogP contribution in [0.2, 0.25) is 44.3 Å². The maximum atomic E-state index is 6.44. The molecule has 0 aliphatic heterocycles. The number of ether oxygens (including phenoxy) is 2. The summed E-state index contributed by atoms with van der Waals surface area (Å²) in [5, 5.41) is 0.496. The van der Waals surface area contributed by atoms with E-state index in [1.165, 1.54) is 0 Å². The van der Waals surface area contributed by atoms with Crippen LogP contribution in [0.25, 0.3) is 0 Å². The SMILES string of the molecule is COc1c(C)c(Cl)c(OC)c(O[Si](C)(C)C)c1O[Si](C)(C)C. The lowest BCUT2D eigenvalue weighted by molar-refractivity contribution is 0.359. The minimum absolute atomic E-state index is 0.496. The molecule has 22 heavy (non-hydrogen) atoms. The fraction of sp³-hybridized carbons (Fsp3) is 0.600. The van der Waals surface area contributed by atoms with Crippen LogP contribution in [-0.2, 0) is 0 Å². The first-order valence-electron chi connectivity index (χ1n) is 7.23. The van der Waals surface area contributed by atoms with Crippen molar-refractivity contribution in [3.05, 3.63) is 10.6 Å². The molecule has 0 amide bonds. The topological polar surface area (TPSA) is 36.9 Å². The summed E-state index contributed by atoms with van der Waals surface area (Å²) in [7, 11) is -0.561. The molecule has 0 saturated heterocycles. The zero-order valence-electron chi connectivity index (χ0n) is 15.0. The molecule has 0 aliphatic carbocycles. The Morgan fingerprint density at radius 2 is 1.05 bits per heavy atom. The van der Waals surface area contributed by atoms with Crippen molar-refractivity contribution in [2.75, 3.05) is 14.2 Å². The standard InChI is InChI=1S/C15H27ClO4Si2/c1-10-11(16)13(18-3)15(20-22(7,8)9)14(12(10)17-2)19-21(4,5)6/h1-9H3. The molecular weight excluding hydrogens is 336 g/mol. The molecule has 1 aromatic rings. The fourth-order valence-electron chi connectivity index (χ4n) is 1.97. The van der Waals surface area contributed by atoms with Crippen LogP contribution >= 0.6 is 11.6 Å². The van der Waals surface area contributed by atoms with Gasteiger partial charge in [-0.3, -0.25) is 0 Å². The zero-order valence-corrected chi connectivity index (χ0v) is 17.8. The monoisotopic (exact) mass is 362 g/mol.